The van der Waals surface area contributed by atoms with Crippen LogP contribution in [0.25, 0.3) is 5.57 Å². The molecular weight excluding hydrogens is 300 g/mol. The molecule has 0 saturated carbocycles. The summed E-state index contributed by atoms with van der Waals surface area (Å²) >= 11 is 0. The third-order valence-corrected chi connectivity index (χ3v) is 3.67. The summed E-state index contributed by atoms with van der Waals surface area (Å²) in [4.78, 5) is 24.2. The molecule has 0 aliphatic rings. The summed E-state index contributed by atoms with van der Waals surface area (Å²) in [7, 11) is 0. The highest BCUT2D eigenvalue weighted by Crippen LogP contribution is 2.18. The number of carbonyl (C=O) groups excluding carboxylic acids is 2. The molecule has 0 radical (unpaired) electrons. The zero-order chi connectivity index (χ0) is 17.5. The number of allylic oxidation sites excluding steroid dienone is 1. The first kappa shape index (κ1) is 17.5. The number of hydrogen-bond acceptors (Lipinski definition) is 2. The topological polar surface area (TPSA) is 58.2 Å². The Morgan fingerprint density at radius 2 is 1.75 bits per heavy atom. The van der Waals surface area contributed by atoms with Gasteiger partial charge in [-0.05, 0) is 49.6 Å². The van der Waals surface area contributed by atoms with E-state index < -0.39 is 0 Å². The van der Waals surface area contributed by atoms with E-state index in [4.69, 9.17) is 0 Å². The van der Waals surface area contributed by atoms with Crippen LogP contribution in [0.3, 0.4) is 0 Å². The van der Waals surface area contributed by atoms with Crippen LogP contribution < -0.4 is 10.6 Å². The molecule has 0 atom stereocenters. The fourth-order valence-corrected chi connectivity index (χ4v) is 2.31. The Hall–Kier alpha value is -2.88. The number of amides is 2. The molecule has 0 fully saturated rings. The molecule has 4 nitrogen and oxygen atoms in total. The lowest BCUT2D eigenvalue weighted by Crippen LogP contribution is -2.23. The average molecular weight is 322 g/mol. The van der Waals surface area contributed by atoms with E-state index in [0.29, 0.717) is 17.8 Å². The second-order valence-corrected chi connectivity index (χ2v) is 5.57. The van der Waals surface area contributed by atoms with Crippen molar-refractivity contribution < 1.29 is 9.59 Å². The van der Waals surface area contributed by atoms with Gasteiger partial charge in [-0.15, -0.1) is 0 Å². The average Bonchev–Trinajstić information content (AvgIpc) is 2.57. The van der Waals surface area contributed by atoms with Crippen molar-refractivity contribution in [3.63, 3.8) is 0 Å². The first-order chi connectivity index (χ1) is 11.5. The number of aryl methyl sites for hydroxylation is 1. The lowest BCUT2D eigenvalue weighted by Gasteiger charge is -2.10. The van der Waals surface area contributed by atoms with Gasteiger partial charge in [-0.3, -0.25) is 9.59 Å². The van der Waals surface area contributed by atoms with Crippen molar-refractivity contribution in [1.29, 1.82) is 0 Å². The van der Waals surface area contributed by atoms with Gasteiger partial charge in [-0.2, -0.15) is 0 Å². The van der Waals surface area contributed by atoms with Gasteiger partial charge >= 0.3 is 0 Å². The van der Waals surface area contributed by atoms with Crippen LogP contribution in [0.4, 0.5) is 5.69 Å². The van der Waals surface area contributed by atoms with E-state index in [1.54, 1.807) is 18.2 Å². The summed E-state index contributed by atoms with van der Waals surface area (Å²) in [6.07, 6.45) is 1.56. The molecule has 0 aromatic heterocycles. The van der Waals surface area contributed by atoms with Crippen LogP contribution in [-0.2, 0) is 4.79 Å². The second-order valence-electron chi connectivity index (χ2n) is 5.57. The quantitative estimate of drug-likeness (QED) is 0.823. The molecule has 24 heavy (non-hydrogen) atoms. The van der Waals surface area contributed by atoms with E-state index in [2.05, 4.69) is 10.6 Å². The summed E-state index contributed by atoms with van der Waals surface area (Å²) in [5.74, 6) is -0.364. The standard InChI is InChI=1S/C20H22N2O2/c1-4-21-20(24)17-11-10-14(2)18(13-17)22-19(23)12-15(3)16-8-6-5-7-9-16/h5-13H,4H2,1-3H3,(H,21,24)(H,22,23)/b15-12-. The predicted octanol–water partition coefficient (Wildman–Crippen LogP) is 3.79. The molecule has 0 aliphatic heterocycles. The van der Waals surface area contributed by atoms with Crippen molar-refractivity contribution in [3.05, 3.63) is 71.3 Å². The maximum Gasteiger partial charge on any atom is 0.251 e. The molecule has 2 amide bonds. The molecular formula is C20H22N2O2. The van der Waals surface area contributed by atoms with Crippen molar-refractivity contribution in [3.8, 4) is 0 Å². The summed E-state index contributed by atoms with van der Waals surface area (Å²) in [5.41, 5.74) is 3.95. The van der Waals surface area contributed by atoms with Gasteiger partial charge in [0.05, 0.1) is 0 Å². The minimum Gasteiger partial charge on any atom is -0.352 e. The first-order valence-corrected chi connectivity index (χ1v) is 7.94. The Morgan fingerprint density at radius 1 is 1.04 bits per heavy atom. The zero-order valence-electron chi connectivity index (χ0n) is 14.2. The van der Waals surface area contributed by atoms with E-state index in [-0.39, 0.29) is 11.8 Å². The zero-order valence-corrected chi connectivity index (χ0v) is 14.2. The van der Waals surface area contributed by atoms with Crippen LogP contribution in [0.15, 0.2) is 54.6 Å². The summed E-state index contributed by atoms with van der Waals surface area (Å²) in [5, 5.41) is 5.60. The van der Waals surface area contributed by atoms with Crippen molar-refractivity contribution in [2.45, 2.75) is 20.8 Å². The third kappa shape index (κ3) is 4.56. The van der Waals surface area contributed by atoms with Crippen molar-refractivity contribution in [1.82, 2.24) is 5.32 Å². The monoisotopic (exact) mass is 322 g/mol. The number of carbonyl (C=O) groups is 2. The van der Waals surface area contributed by atoms with Gasteiger partial charge in [0.15, 0.2) is 0 Å². The van der Waals surface area contributed by atoms with E-state index >= 15 is 0 Å². The molecule has 0 saturated heterocycles. The first-order valence-electron chi connectivity index (χ1n) is 7.94. The molecule has 0 unspecified atom stereocenters. The number of nitrogens with one attached hydrogen (secondary N) is 2. The molecule has 2 aromatic rings. The molecule has 0 spiro atoms. The highest BCUT2D eigenvalue weighted by atomic mass is 16.2. The van der Waals surface area contributed by atoms with Gasteiger partial charge in [0.2, 0.25) is 5.91 Å². The molecule has 2 rings (SSSR count). The fraction of sp³-hybridized carbons (Fsp3) is 0.200. The normalized spacial score (nSPS) is 11.0. The van der Waals surface area contributed by atoms with E-state index in [0.717, 1.165) is 16.7 Å². The minimum atomic E-state index is -0.215. The van der Waals surface area contributed by atoms with Crippen molar-refractivity contribution in [2.75, 3.05) is 11.9 Å². The maximum absolute atomic E-state index is 12.3. The predicted molar refractivity (Wildman–Crippen MR) is 97.9 cm³/mol. The van der Waals surface area contributed by atoms with Crippen molar-refractivity contribution in [2.24, 2.45) is 0 Å². The van der Waals surface area contributed by atoms with E-state index in [1.807, 2.05) is 57.2 Å². The van der Waals surface area contributed by atoms with Gasteiger partial charge in [-0.1, -0.05) is 36.4 Å². The van der Waals surface area contributed by atoms with Crippen LogP contribution in [0, 0.1) is 6.92 Å². The van der Waals surface area contributed by atoms with Crippen molar-refractivity contribution >= 4 is 23.1 Å². The maximum atomic E-state index is 12.3. The Bertz CT molecular complexity index is 764. The van der Waals surface area contributed by atoms with Crippen LogP contribution in [-0.4, -0.2) is 18.4 Å². The highest BCUT2D eigenvalue weighted by Gasteiger charge is 2.09. The molecule has 124 valence electrons. The largest absolute Gasteiger partial charge is 0.352 e. The Balaban J connectivity index is 2.16. The second kappa shape index (κ2) is 8.11. The summed E-state index contributed by atoms with van der Waals surface area (Å²) in [6.45, 7) is 6.22. The number of rotatable bonds is 5. The lowest BCUT2D eigenvalue weighted by atomic mass is 10.1. The minimum absolute atomic E-state index is 0.149. The molecule has 0 bridgehead atoms. The molecule has 4 heteroatoms. The highest BCUT2D eigenvalue weighted by molar-refractivity contribution is 6.05. The van der Waals surface area contributed by atoms with Gasteiger partial charge in [0.1, 0.15) is 0 Å². The van der Waals surface area contributed by atoms with Crippen LogP contribution in [0.2, 0.25) is 0 Å². The van der Waals surface area contributed by atoms with Gasteiger partial charge in [0, 0.05) is 23.9 Å². The van der Waals surface area contributed by atoms with Crippen LogP contribution >= 0.6 is 0 Å². The summed E-state index contributed by atoms with van der Waals surface area (Å²) in [6, 6.07) is 15.0. The molecule has 0 heterocycles. The Morgan fingerprint density at radius 3 is 2.42 bits per heavy atom. The van der Waals surface area contributed by atoms with Gasteiger partial charge in [0.25, 0.3) is 5.91 Å². The van der Waals surface area contributed by atoms with Gasteiger partial charge in [-0.25, -0.2) is 0 Å². The SMILES string of the molecule is CCNC(=O)c1ccc(C)c(NC(=O)/C=C(/C)c2ccccc2)c1. The Kier molecular flexibility index (Phi) is 5.90. The third-order valence-electron chi connectivity index (χ3n) is 3.67. The fourth-order valence-electron chi connectivity index (χ4n) is 2.31. The molecule has 0 aliphatic carbocycles. The lowest BCUT2D eigenvalue weighted by molar-refractivity contribution is -0.111. The van der Waals surface area contributed by atoms with Gasteiger partial charge < -0.3 is 10.6 Å². The smallest absolute Gasteiger partial charge is 0.251 e. The Labute approximate surface area is 142 Å². The van der Waals surface area contributed by atoms with Crippen LogP contribution in [0.5, 0.6) is 0 Å². The summed E-state index contributed by atoms with van der Waals surface area (Å²) < 4.78 is 0. The van der Waals surface area contributed by atoms with Crippen LogP contribution in [0.1, 0.15) is 35.3 Å². The van der Waals surface area contributed by atoms with E-state index in [9.17, 15) is 9.59 Å². The number of anilines is 1. The molecule has 2 aromatic carbocycles. The van der Waals surface area contributed by atoms with E-state index in [1.165, 1.54) is 0 Å². The number of benzene rings is 2. The molecule has 2 N–H and O–H groups in total. The number of hydrogen-bond donors (Lipinski definition) is 2.